The number of phosphoric acid groups is 1. The van der Waals surface area contributed by atoms with Gasteiger partial charge >= 0.3 is 19.8 Å². The Morgan fingerprint density at radius 1 is 0.508 bits per heavy atom. The van der Waals surface area contributed by atoms with E-state index in [4.69, 9.17) is 18.5 Å². The van der Waals surface area contributed by atoms with E-state index in [0.29, 0.717) is 12.8 Å². The maximum absolute atomic E-state index is 12.8. The highest BCUT2D eigenvalue weighted by atomic mass is 31.2. The Hall–Kier alpha value is -2.97. The van der Waals surface area contributed by atoms with Crippen LogP contribution in [0.15, 0.2) is 85.1 Å². The van der Waals surface area contributed by atoms with Crippen LogP contribution in [-0.2, 0) is 32.7 Å². The maximum Gasteiger partial charge on any atom is 0.472 e. The molecular formula is C49H81O13P. The number of hydrogen-bond donors (Lipinski definition) is 6. The fourth-order valence-corrected chi connectivity index (χ4v) is 7.43. The van der Waals surface area contributed by atoms with Crippen molar-refractivity contribution in [2.24, 2.45) is 0 Å². The predicted octanol–water partition coefficient (Wildman–Crippen LogP) is 9.28. The zero-order valence-electron chi connectivity index (χ0n) is 38.1. The molecule has 8 atom stereocenters. The van der Waals surface area contributed by atoms with E-state index in [0.717, 1.165) is 96.3 Å². The first-order valence-corrected chi connectivity index (χ1v) is 24.9. The fourth-order valence-electron chi connectivity index (χ4n) is 6.46. The second-order valence-electron chi connectivity index (χ2n) is 15.9. The second-order valence-corrected chi connectivity index (χ2v) is 17.3. The molecule has 6 N–H and O–H groups in total. The van der Waals surface area contributed by atoms with E-state index in [2.05, 4.69) is 98.9 Å². The van der Waals surface area contributed by atoms with Gasteiger partial charge in [0.05, 0.1) is 6.61 Å². The molecule has 0 spiro atoms. The summed E-state index contributed by atoms with van der Waals surface area (Å²) in [5.41, 5.74) is 0. The van der Waals surface area contributed by atoms with Gasteiger partial charge in [-0.3, -0.25) is 18.6 Å². The average Bonchev–Trinajstić information content (AvgIpc) is 3.26. The SMILES string of the molecule is CC/C=C/C/C=C/C/C=C/CCCCCCCC(=O)O[C@@H](COC(=O)CCCCC/C=C/C/C=C/C/C=C/C/C=C/CCCCC)COP(=O)(O)OC1C(O)C(O)C(O)[C@H](O)C1O. The molecule has 1 aliphatic rings. The van der Waals surface area contributed by atoms with Gasteiger partial charge in [0, 0.05) is 12.8 Å². The summed E-state index contributed by atoms with van der Waals surface area (Å²) in [6, 6.07) is 0. The van der Waals surface area contributed by atoms with Crippen molar-refractivity contribution in [2.45, 2.75) is 198 Å². The number of carbonyl (C=O) groups excluding carboxylic acids is 2. The standard InChI is InChI=1S/C49H81O13P/c1-3-5-7-9-11-13-15-17-19-20-21-22-24-25-27-29-31-33-35-37-42(50)59-39-41(40-60-63(57,58)62-49-47(55)45(53)44(52)46(54)48(49)56)61-43(51)38-36-34-32-30-28-26-23-18-16-14-12-10-8-6-4-2/h6,8,11-14,17-19,21-23,25,27,41,44-49,52-56H,3-5,7,9-10,15-16,20,24,26,28-40H2,1-2H3,(H,57,58)/b8-6+,13-11+,14-12+,19-17+,22-21+,23-18+,27-25+/t41-,44?,45-,46?,47?,48?,49?/m0/s1. The molecule has 6 unspecified atom stereocenters. The van der Waals surface area contributed by atoms with Crippen LogP contribution in [0.25, 0.3) is 0 Å². The minimum Gasteiger partial charge on any atom is -0.462 e. The lowest BCUT2D eigenvalue weighted by molar-refractivity contribution is -0.220. The third-order valence-corrected chi connectivity index (χ3v) is 11.2. The number of allylic oxidation sites excluding steroid dienone is 14. The Kier molecular flexibility index (Phi) is 35.3. The Labute approximate surface area is 378 Å². The summed E-state index contributed by atoms with van der Waals surface area (Å²) in [7, 11) is -5.14. The van der Waals surface area contributed by atoms with Crippen LogP contribution in [0.2, 0.25) is 0 Å². The number of rotatable bonds is 37. The van der Waals surface area contributed by atoms with Crippen molar-refractivity contribution < 1.29 is 63.1 Å². The highest BCUT2D eigenvalue weighted by Crippen LogP contribution is 2.47. The van der Waals surface area contributed by atoms with Crippen LogP contribution in [-0.4, -0.2) is 98.3 Å². The highest BCUT2D eigenvalue weighted by Gasteiger charge is 2.51. The topological polar surface area (TPSA) is 210 Å². The van der Waals surface area contributed by atoms with E-state index < -0.39 is 75.7 Å². The number of unbranched alkanes of at least 4 members (excludes halogenated alkanes) is 11. The molecule has 0 bridgehead atoms. The molecule has 0 heterocycles. The molecule has 0 amide bonds. The Morgan fingerprint density at radius 3 is 1.40 bits per heavy atom. The molecule has 1 rings (SSSR count). The van der Waals surface area contributed by atoms with Crippen LogP contribution < -0.4 is 0 Å². The van der Waals surface area contributed by atoms with Crippen molar-refractivity contribution >= 4 is 19.8 Å². The largest absolute Gasteiger partial charge is 0.472 e. The van der Waals surface area contributed by atoms with Crippen molar-refractivity contribution in [3.8, 4) is 0 Å². The molecule has 0 aromatic carbocycles. The van der Waals surface area contributed by atoms with Gasteiger partial charge in [0.2, 0.25) is 0 Å². The number of hydrogen-bond acceptors (Lipinski definition) is 12. The monoisotopic (exact) mass is 909 g/mol. The quantitative estimate of drug-likeness (QED) is 0.0149. The van der Waals surface area contributed by atoms with Crippen LogP contribution in [0, 0.1) is 0 Å². The number of aliphatic hydroxyl groups is 5. The summed E-state index contributed by atoms with van der Waals surface area (Å²) in [4.78, 5) is 35.7. The Balaban J connectivity index is 2.49. The summed E-state index contributed by atoms with van der Waals surface area (Å²) < 4.78 is 33.5. The number of carbonyl (C=O) groups is 2. The molecule has 63 heavy (non-hydrogen) atoms. The summed E-state index contributed by atoms with van der Waals surface area (Å²) >= 11 is 0. The van der Waals surface area contributed by atoms with Crippen molar-refractivity contribution in [3.63, 3.8) is 0 Å². The minimum atomic E-state index is -5.14. The lowest BCUT2D eigenvalue weighted by atomic mass is 9.85. The van der Waals surface area contributed by atoms with E-state index in [1.807, 2.05) is 0 Å². The molecular weight excluding hydrogens is 828 g/mol. The van der Waals surface area contributed by atoms with Crippen molar-refractivity contribution in [1.82, 2.24) is 0 Å². The van der Waals surface area contributed by atoms with Gasteiger partial charge in [0.1, 0.15) is 43.2 Å². The lowest BCUT2D eigenvalue weighted by Crippen LogP contribution is -2.64. The number of aliphatic hydroxyl groups excluding tert-OH is 5. The molecule has 0 saturated heterocycles. The molecule has 1 saturated carbocycles. The van der Waals surface area contributed by atoms with Gasteiger partial charge in [-0.05, 0) is 89.9 Å². The van der Waals surface area contributed by atoms with E-state index in [1.54, 1.807) is 0 Å². The van der Waals surface area contributed by atoms with Crippen molar-refractivity contribution in [3.05, 3.63) is 85.1 Å². The van der Waals surface area contributed by atoms with Gasteiger partial charge in [-0.25, -0.2) is 4.57 Å². The lowest BCUT2D eigenvalue weighted by Gasteiger charge is -2.41. The van der Waals surface area contributed by atoms with Crippen LogP contribution >= 0.6 is 7.82 Å². The summed E-state index contributed by atoms with van der Waals surface area (Å²) in [5.74, 6) is -1.16. The van der Waals surface area contributed by atoms with E-state index in [-0.39, 0.29) is 12.8 Å². The smallest absolute Gasteiger partial charge is 0.462 e. The highest BCUT2D eigenvalue weighted by molar-refractivity contribution is 7.47. The first-order valence-electron chi connectivity index (χ1n) is 23.4. The molecule has 0 aliphatic heterocycles. The minimum absolute atomic E-state index is 0.0649. The molecule has 0 radical (unpaired) electrons. The summed E-state index contributed by atoms with van der Waals surface area (Å²) in [6.07, 6.45) is 36.3. The zero-order valence-corrected chi connectivity index (χ0v) is 39.0. The third kappa shape index (κ3) is 30.7. The molecule has 0 aromatic rings. The van der Waals surface area contributed by atoms with Crippen molar-refractivity contribution in [2.75, 3.05) is 13.2 Å². The number of phosphoric ester groups is 1. The van der Waals surface area contributed by atoms with Gasteiger partial charge in [-0.1, -0.05) is 137 Å². The van der Waals surface area contributed by atoms with Gasteiger partial charge in [0.15, 0.2) is 6.10 Å². The molecule has 14 heteroatoms. The molecule has 0 aromatic heterocycles. The molecule has 1 fully saturated rings. The Bertz CT molecular complexity index is 1420. The average molecular weight is 909 g/mol. The number of ether oxygens (including phenoxy) is 2. The van der Waals surface area contributed by atoms with Gasteiger partial charge < -0.3 is 39.9 Å². The molecule has 360 valence electrons. The fraction of sp³-hybridized carbons (Fsp3) is 0.673. The van der Waals surface area contributed by atoms with Gasteiger partial charge in [0.25, 0.3) is 0 Å². The van der Waals surface area contributed by atoms with Crippen LogP contribution in [0.3, 0.4) is 0 Å². The van der Waals surface area contributed by atoms with E-state index in [9.17, 15) is 44.6 Å². The zero-order chi connectivity index (χ0) is 46.4. The first kappa shape index (κ1) is 58.0. The molecule has 13 nitrogen and oxygen atoms in total. The summed E-state index contributed by atoms with van der Waals surface area (Å²) in [6.45, 7) is 3.10. The third-order valence-electron chi connectivity index (χ3n) is 10.2. The van der Waals surface area contributed by atoms with Crippen molar-refractivity contribution in [1.29, 1.82) is 0 Å². The summed E-state index contributed by atoms with van der Waals surface area (Å²) in [5, 5.41) is 50.2. The predicted molar refractivity (Wildman–Crippen MR) is 248 cm³/mol. The van der Waals surface area contributed by atoms with Gasteiger partial charge in [-0.15, -0.1) is 0 Å². The van der Waals surface area contributed by atoms with Crippen LogP contribution in [0.1, 0.15) is 155 Å². The number of esters is 2. The van der Waals surface area contributed by atoms with Crippen LogP contribution in [0.4, 0.5) is 0 Å². The first-order chi connectivity index (χ1) is 30.4. The van der Waals surface area contributed by atoms with Gasteiger partial charge in [-0.2, -0.15) is 0 Å². The molecule has 1 aliphatic carbocycles. The second kappa shape index (κ2) is 38.3. The Morgan fingerprint density at radius 2 is 0.905 bits per heavy atom. The van der Waals surface area contributed by atoms with E-state index >= 15 is 0 Å². The maximum atomic E-state index is 12.8. The van der Waals surface area contributed by atoms with E-state index in [1.165, 1.54) is 19.3 Å². The normalized spacial score (nSPS) is 22.5. The van der Waals surface area contributed by atoms with Crippen LogP contribution in [0.5, 0.6) is 0 Å².